The molecule has 0 amide bonds. The molecule has 0 saturated carbocycles. The van der Waals surface area contributed by atoms with Crippen molar-refractivity contribution in [3.63, 3.8) is 0 Å². The minimum atomic E-state index is -1.10. The third-order valence-corrected chi connectivity index (χ3v) is 2.50. The average molecular weight is 238 g/mol. The number of aromatic nitrogens is 1. The molecule has 0 aliphatic rings. The smallest absolute Gasteiger partial charge is 0.338 e. The Kier molecular flexibility index (Phi) is 2.66. The summed E-state index contributed by atoms with van der Waals surface area (Å²) in [6.07, 6.45) is 0. The number of halogens is 1. The van der Waals surface area contributed by atoms with Crippen molar-refractivity contribution in [3.05, 3.63) is 35.0 Å². The molecule has 0 atom stereocenters. The number of nitrogens with zero attached hydrogens (tertiary/aromatic N) is 1. The summed E-state index contributed by atoms with van der Waals surface area (Å²) in [7, 11) is 1.52. The molecule has 2 rings (SSSR count). The summed E-state index contributed by atoms with van der Waals surface area (Å²) in [6, 6.07) is 6.75. The quantitative estimate of drug-likeness (QED) is 0.816. The van der Waals surface area contributed by atoms with Crippen molar-refractivity contribution in [2.45, 2.75) is 0 Å². The topological polar surface area (TPSA) is 59.4 Å². The number of carboxylic acids is 1. The second kappa shape index (κ2) is 3.98. The highest BCUT2D eigenvalue weighted by Crippen LogP contribution is 2.27. The molecule has 0 bridgehead atoms. The van der Waals surface area contributed by atoms with Gasteiger partial charge in [-0.3, -0.25) is 0 Å². The number of ether oxygens (including phenoxy) is 1. The van der Waals surface area contributed by atoms with Gasteiger partial charge in [0.2, 0.25) is 0 Å². The summed E-state index contributed by atoms with van der Waals surface area (Å²) in [5, 5.41) is 9.54. The molecule has 1 N–H and O–H groups in total. The summed E-state index contributed by atoms with van der Waals surface area (Å²) in [5.41, 5.74) is 0.544. The van der Waals surface area contributed by atoms with Crippen molar-refractivity contribution in [2.24, 2.45) is 0 Å². The van der Waals surface area contributed by atoms with Gasteiger partial charge in [-0.1, -0.05) is 23.7 Å². The van der Waals surface area contributed by atoms with E-state index in [1.165, 1.54) is 13.2 Å². The van der Waals surface area contributed by atoms with Crippen molar-refractivity contribution in [3.8, 4) is 5.75 Å². The summed E-state index contributed by atoms with van der Waals surface area (Å²) in [5.74, 6) is -0.529. The minimum absolute atomic E-state index is 0.0116. The summed E-state index contributed by atoms with van der Waals surface area (Å²) in [4.78, 5) is 14.9. The van der Waals surface area contributed by atoms with Gasteiger partial charge in [0.25, 0.3) is 0 Å². The van der Waals surface area contributed by atoms with Crippen LogP contribution >= 0.6 is 11.6 Å². The number of hydrogen-bond donors (Lipinski definition) is 1. The standard InChI is InChI=1S/C11H8ClNO3/c1-16-8-4-2-3-6-5-7(11(14)15)10(12)13-9(6)8/h2-5H,1H3,(H,14,15). The fourth-order valence-corrected chi connectivity index (χ4v) is 1.68. The normalized spacial score (nSPS) is 10.4. The monoisotopic (exact) mass is 237 g/mol. The first kappa shape index (κ1) is 10.7. The van der Waals surface area contributed by atoms with Crippen LogP contribution in [-0.2, 0) is 0 Å². The summed E-state index contributed by atoms with van der Waals surface area (Å²) >= 11 is 5.78. The van der Waals surface area contributed by atoms with Gasteiger partial charge in [0, 0.05) is 5.39 Å². The van der Waals surface area contributed by atoms with E-state index < -0.39 is 5.97 Å². The predicted molar refractivity (Wildman–Crippen MR) is 60.3 cm³/mol. The molecule has 82 valence electrons. The van der Waals surface area contributed by atoms with E-state index in [9.17, 15) is 4.79 Å². The zero-order valence-electron chi connectivity index (χ0n) is 8.40. The van der Waals surface area contributed by atoms with E-state index in [0.717, 1.165) is 0 Å². The van der Waals surface area contributed by atoms with Gasteiger partial charge in [0.1, 0.15) is 16.4 Å². The maximum Gasteiger partial charge on any atom is 0.338 e. The number of carboxylic acid groups (broad SMARTS) is 1. The molecule has 1 aromatic carbocycles. The van der Waals surface area contributed by atoms with Crippen molar-refractivity contribution in [2.75, 3.05) is 7.11 Å². The van der Waals surface area contributed by atoms with Crippen LogP contribution in [-0.4, -0.2) is 23.2 Å². The van der Waals surface area contributed by atoms with Crippen LogP contribution in [0.25, 0.3) is 10.9 Å². The van der Waals surface area contributed by atoms with Crippen LogP contribution in [0.15, 0.2) is 24.3 Å². The molecular formula is C11H8ClNO3. The first-order valence-corrected chi connectivity index (χ1v) is 4.88. The number of aromatic carboxylic acids is 1. The molecule has 1 heterocycles. The molecule has 0 unspecified atom stereocenters. The second-order valence-electron chi connectivity index (χ2n) is 3.16. The molecule has 5 heteroatoms. The van der Waals surface area contributed by atoms with E-state index >= 15 is 0 Å². The number of para-hydroxylation sites is 1. The number of methoxy groups -OCH3 is 1. The highest BCUT2D eigenvalue weighted by molar-refractivity contribution is 6.32. The van der Waals surface area contributed by atoms with Gasteiger partial charge < -0.3 is 9.84 Å². The minimum Gasteiger partial charge on any atom is -0.494 e. The molecule has 16 heavy (non-hydrogen) atoms. The van der Waals surface area contributed by atoms with E-state index in [1.54, 1.807) is 18.2 Å². The molecule has 0 spiro atoms. The zero-order valence-corrected chi connectivity index (χ0v) is 9.15. The van der Waals surface area contributed by atoms with E-state index in [1.807, 2.05) is 0 Å². The van der Waals surface area contributed by atoms with Crippen LogP contribution in [0.2, 0.25) is 5.15 Å². The van der Waals surface area contributed by atoms with Crippen LogP contribution in [0.5, 0.6) is 5.75 Å². The molecule has 2 aromatic rings. The van der Waals surface area contributed by atoms with Gasteiger partial charge in [-0.25, -0.2) is 9.78 Å². The number of hydrogen-bond acceptors (Lipinski definition) is 3. The first-order valence-electron chi connectivity index (χ1n) is 4.50. The summed E-state index contributed by atoms with van der Waals surface area (Å²) in [6.45, 7) is 0. The van der Waals surface area contributed by atoms with Crippen LogP contribution in [0.4, 0.5) is 0 Å². The van der Waals surface area contributed by atoms with Crippen LogP contribution in [0.3, 0.4) is 0 Å². The predicted octanol–water partition coefficient (Wildman–Crippen LogP) is 2.60. The largest absolute Gasteiger partial charge is 0.494 e. The Balaban J connectivity index is 2.78. The summed E-state index contributed by atoms with van der Waals surface area (Å²) < 4.78 is 5.11. The number of carbonyl (C=O) groups is 1. The maximum absolute atomic E-state index is 10.9. The van der Waals surface area contributed by atoms with Crippen LogP contribution in [0, 0.1) is 0 Å². The molecule has 0 fully saturated rings. The van der Waals surface area contributed by atoms with Crippen molar-refractivity contribution >= 4 is 28.5 Å². The molecule has 0 radical (unpaired) electrons. The highest BCUT2D eigenvalue weighted by atomic mass is 35.5. The van der Waals surface area contributed by atoms with Crippen molar-refractivity contribution in [1.82, 2.24) is 4.98 Å². The average Bonchev–Trinajstić information content (AvgIpc) is 2.27. The molecule has 4 nitrogen and oxygen atoms in total. The van der Waals surface area contributed by atoms with Gasteiger partial charge in [0.15, 0.2) is 0 Å². The van der Waals surface area contributed by atoms with Crippen molar-refractivity contribution < 1.29 is 14.6 Å². The number of benzene rings is 1. The lowest BCUT2D eigenvalue weighted by Crippen LogP contribution is -2.00. The molecule has 1 aromatic heterocycles. The Morgan fingerprint density at radius 3 is 2.88 bits per heavy atom. The Morgan fingerprint density at radius 2 is 2.25 bits per heavy atom. The SMILES string of the molecule is COc1cccc2cc(C(=O)O)c(Cl)nc12. The number of pyridine rings is 1. The van der Waals surface area contributed by atoms with E-state index in [4.69, 9.17) is 21.4 Å². The molecular weight excluding hydrogens is 230 g/mol. The lowest BCUT2D eigenvalue weighted by atomic mass is 10.1. The van der Waals surface area contributed by atoms with E-state index in [-0.39, 0.29) is 10.7 Å². The lowest BCUT2D eigenvalue weighted by molar-refractivity contribution is 0.0697. The number of fused-ring (bicyclic) bond motifs is 1. The third kappa shape index (κ3) is 1.67. The molecule has 0 saturated heterocycles. The lowest BCUT2D eigenvalue weighted by Gasteiger charge is -2.06. The van der Waals surface area contributed by atoms with Gasteiger partial charge in [-0.2, -0.15) is 0 Å². The maximum atomic E-state index is 10.9. The van der Waals surface area contributed by atoms with Gasteiger partial charge in [-0.05, 0) is 12.1 Å². The zero-order chi connectivity index (χ0) is 11.7. The Labute approximate surface area is 96.4 Å². The van der Waals surface area contributed by atoms with Crippen LogP contribution < -0.4 is 4.74 Å². The van der Waals surface area contributed by atoms with E-state index in [2.05, 4.69) is 4.98 Å². The fourth-order valence-electron chi connectivity index (χ4n) is 1.46. The van der Waals surface area contributed by atoms with Gasteiger partial charge in [-0.15, -0.1) is 0 Å². The van der Waals surface area contributed by atoms with Gasteiger partial charge >= 0.3 is 5.97 Å². The third-order valence-electron chi connectivity index (χ3n) is 2.21. The Morgan fingerprint density at radius 1 is 1.50 bits per heavy atom. The van der Waals surface area contributed by atoms with Crippen LogP contribution in [0.1, 0.15) is 10.4 Å². The Bertz CT molecular complexity index is 568. The fraction of sp³-hybridized carbons (Fsp3) is 0.0909. The second-order valence-corrected chi connectivity index (χ2v) is 3.52. The first-order chi connectivity index (χ1) is 7.63. The van der Waals surface area contributed by atoms with Gasteiger partial charge in [0.05, 0.1) is 12.7 Å². The number of rotatable bonds is 2. The molecule has 0 aliphatic heterocycles. The Hall–Kier alpha value is -1.81. The highest BCUT2D eigenvalue weighted by Gasteiger charge is 2.13. The molecule has 0 aliphatic carbocycles. The van der Waals surface area contributed by atoms with Crippen molar-refractivity contribution in [1.29, 1.82) is 0 Å². The van der Waals surface area contributed by atoms with E-state index in [0.29, 0.717) is 16.7 Å².